The van der Waals surface area contributed by atoms with Gasteiger partial charge >= 0.3 is 0 Å². The molecule has 0 aliphatic carbocycles. The van der Waals surface area contributed by atoms with E-state index in [4.69, 9.17) is 11.0 Å². The van der Waals surface area contributed by atoms with Gasteiger partial charge in [-0.2, -0.15) is 5.26 Å². The molecular weight excluding hydrogens is 278 g/mol. The Labute approximate surface area is 119 Å². The largest absolute Gasteiger partial charge is 0.399 e. The van der Waals surface area contributed by atoms with Crippen LogP contribution in [0.5, 0.6) is 0 Å². The molecule has 0 fully saturated rings. The normalized spacial score (nSPS) is 13.0. The zero-order chi connectivity index (χ0) is 15.8. The van der Waals surface area contributed by atoms with Crippen molar-refractivity contribution in [3.05, 3.63) is 23.8 Å². The summed E-state index contributed by atoms with van der Waals surface area (Å²) in [5.41, 5.74) is 3.42. The maximum Gasteiger partial charge on any atom is 0.242 e. The van der Waals surface area contributed by atoms with Crippen LogP contribution in [0, 0.1) is 11.3 Å². The Kier molecular flexibility index (Phi) is 4.15. The predicted octanol–water partition coefficient (Wildman–Crippen LogP) is 0.968. The molecule has 0 amide bonds. The van der Waals surface area contributed by atoms with Gasteiger partial charge in [-0.05, 0) is 45.9 Å². The highest BCUT2D eigenvalue weighted by molar-refractivity contribution is 7.89. The van der Waals surface area contributed by atoms with E-state index >= 15 is 0 Å². The number of benzene rings is 1. The molecule has 0 spiro atoms. The molecule has 0 atom stereocenters. The van der Waals surface area contributed by atoms with E-state index in [2.05, 4.69) is 4.72 Å². The Morgan fingerprint density at radius 2 is 1.85 bits per heavy atom. The van der Waals surface area contributed by atoms with Crippen LogP contribution >= 0.6 is 0 Å². The van der Waals surface area contributed by atoms with Crippen molar-refractivity contribution < 1.29 is 13.5 Å². The predicted molar refractivity (Wildman–Crippen MR) is 76.3 cm³/mol. The minimum atomic E-state index is -3.95. The highest BCUT2D eigenvalue weighted by atomic mass is 32.2. The van der Waals surface area contributed by atoms with Gasteiger partial charge in [-0.1, -0.05) is 0 Å². The molecule has 20 heavy (non-hydrogen) atoms. The average Bonchev–Trinajstić information content (AvgIpc) is 2.25. The number of hydrogen-bond acceptors (Lipinski definition) is 5. The van der Waals surface area contributed by atoms with Crippen LogP contribution in [0.2, 0.25) is 0 Å². The number of nitrogens with two attached hydrogens (primary N) is 1. The van der Waals surface area contributed by atoms with E-state index in [0.29, 0.717) is 5.69 Å². The van der Waals surface area contributed by atoms with Crippen LogP contribution in [0.3, 0.4) is 0 Å². The van der Waals surface area contributed by atoms with Gasteiger partial charge in [-0.15, -0.1) is 0 Å². The Morgan fingerprint density at radius 1 is 1.30 bits per heavy atom. The minimum absolute atomic E-state index is 0.0379. The first kappa shape index (κ1) is 16.4. The summed E-state index contributed by atoms with van der Waals surface area (Å²) in [7, 11) is -3.95. The molecule has 0 unspecified atom stereocenters. The first-order chi connectivity index (χ1) is 8.90. The summed E-state index contributed by atoms with van der Waals surface area (Å²) in [6.07, 6.45) is 0. The summed E-state index contributed by atoms with van der Waals surface area (Å²) in [5.74, 6) is 0. The topological polar surface area (TPSA) is 116 Å². The van der Waals surface area contributed by atoms with E-state index in [-0.39, 0.29) is 10.5 Å². The van der Waals surface area contributed by atoms with Crippen molar-refractivity contribution >= 4 is 15.7 Å². The van der Waals surface area contributed by atoms with Crippen LogP contribution in [0.1, 0.15) is 33.3 Å². The van der Waals surface area contributed by atoms with E-state index in [0.717, 1.165) is 0 Å². The number of nitrogens with zero attached hydrogens (tertiary/aromatic N) is 1. The molecule has 0 radical (unpaired) electrons. The fourth-order valence-corrected chi connectivity index (χ4v) is 3.06. The monoisotopic (exact) mass is 297 g/mol. The van der Waals surface area contributed by atoms with Gasteiger partial charge < -0.3 is 10.8 Å². The van der Waals surface area contributed by atoms with Crippen LogP contribution in [-0.4, -0.2) is 24.7 Å². The van der Waals surface area contributed by atoms with Gasteiger partial charge in [0.05, 0.1) is 21.6 Å². The van der Waals surface area contributed by atoms with E-state index in [1.54, 1.807) is 19.9 Å². The van der Waals surface area contributed by atoms with Gasteiger partial charge in [0.25, 0.3) is 0 Å². The van der Waals surface area contributed by atoms with Gasteiger partial charge in [0.15, 0.2) is 0 Å². The van der Waals surface area contributed by atoms with Gasteiger partial charge in [0.1, 0.15) is 6.07 Å². The SMILES string of the molecule is CC(C)(O)C(C)(C)NS(=O)(=O)c1ccc(N)cc1C#N. The van der Waals surface area contributed by atoms with Gasteiger partial charge in [0, 0.05) is 5.69 Å². The fourth-order valence-electron chi connectivity index (χ4n) is 1.39. The molecule has 0 saturated heterocycles. The van der Waals surface area contributed by atoms with Gasteiger partial charge in [0.2, 0.25) is 10.0 Å². The molecular formula is C13H19N3O3S. The Bertz CT molecular complexity index is 652. The molecule has 1 aromatic carbocycles. The molecule has 0 aromatic heterocycles. The number of anilines is 1. The number of hydrogen-bond donors (Lipinski definition) is 3. The fraction of sp³-hybridized carbons (Fsp3) is 0.462. The van der Waals surface area contributed by atoms with Crippen LogP contribution in [0.25, 0.3) is 0 Å². The third-order valence-electron chi connectivity index (χ3n) is 3.33. The van der Waals surface area contributed by atoms with Crippen molar-refractivity contribution in [1.29, 1.82) is 5.26 Å². The Hall–Kier alpha value is -1.62. The first-order valence-corrected chi connectivity index (χ1v) is 7.45. The number of rotatable bonds is 4. The van der Waals surface area contributed by atoms with Crippen molar-refractivity contribution in [3.8, 4) is 6.07 Å². The van der Waals surface area contributed by atoms with Crippen molar-refractivity contribution in [3.63, 3.8) is 0 Å². The summed E-state index contributed by atoms with van der Waals surface area (Å²) in [4.78, 5) is -0.161. The lowest BCUT2D eigenvalue weighted by atomic mass is 9.87. The molecule has 1 aromatic rings. The standard InChI is InChI=1S/C13H19N3O3S/c1-12(2,13(3,4)17)16-20(18,19)11-6-5-10(15)7-9(11)8-14/h5-7,16-17H,15H2,1-4H3. The summed E-state index contributed by atoms with van der Waals surface area (Å²) in [6, 6.07) is 5.79. The lowest BCUT2D eigenvalue weighted by Crippen LogP contribution is -2.57. The number of nitrogen functional groups attached to an aromatic ring is 1. The van der Waals surface area contributed by atoms with E-state index in [1.165, 1.54) is 32.0 Å². The second-order valence-electron chi connectivity index (χ2n) is 5.66. The number of sulfonamides is 1. The minimum Gasteiger partial charge on any atom is -0.399 e. The second kappa shape index (κ2) is 5.05. The maximum absolute atomic E-state index is 12.4. The number of nitriles is 1. The van der Waals surface area contributed by atoms with Crippen LogP contribution < -0.4 is 10.5 Å². The highest BCUT2D eigenvalue weighted by Gasteiger charge is 2.39. The number of aliphatic hydroxyl groups is 1. The maximum atomic E-state index is 12.4. The van der Waals surface area contributed by atoms with Crippen molar-refractivity contribution in [2.24, 2.45) is 0 Å². The zero-order valence-electron chi connectivity index (χ0n) is 11.9. The molecule has 4 N–H and O–H groups in total. The van der Waals surface area contributed by atoms with E-state index < -0.39 is 21.2 Å². The van der Waals surface area contributed by atoms with Gasteiger partial charge in [-0.3, -0.25) is 0 Å². The molecule has 0 saturated carbocycles. The Balaban J connectivity index is 3.30. The number of nitrogens with one attached hydrogen (secondary N) is 1. The van der Waals surface area contributed by atoms with Crippen molar-refractivity contribution in [2.45, 2.75) is 43.7 Å². The molecule has 0 bridgehead atoms. The molecule has 110 valence electrons. The third-order valence-corrected chi connectivity index (χ3v) is 5.05. The van der Waals surface area contributed by atoms with Gasteiger partial charge in [-0.25, -0.2) is 13.1 Å². The summed E-state index contributed by atoms with van der Waals surface area (Å²) < 4.78 is 27.2. The smallest absolute Gasteiger partial charge is 0.242 e. The lowest BCUT2D eigenvalue weighted by molar-refractivity contribution is 0.00638. The lowest BCUT2D eigenvalue weighted by Gasteiger charge is -2.37. The molecule has 6 nitrogen and oxygen atoms in total. The van der Waals surface area contributed by atoms with Crippen molar-refractivity contribution in [1.82, 2.24) is 4.72 Å². The van der Waals surface area contributed by atoms with E-state index in [9.17, 15) is 13.5 Å². The summed E-state index contributed by atoms with van der Waals surface area (Å²) >= 11 is 0. The summed E-state index contributed by atoms with van der Waals surface area (Å²) in [6.45, 7) is 6.13. The third kappa shape index (κ3) is 3.28. The quantitative estimate of drug-likeness (QED) is 0.716. The molecule has 0 heterocycles. The summed E-state index contributed by atoms with van der Waals surface area (Å²) in [5, 5.41) is 19.0. The molecule has 0 aliphatic heterocycles. The second-order valence-corrected chi connectivity index (χ2v) is 7.31. The average molecular weight is 297 g/mol. The van der Waals surface area contributed by atoms with Crippen LogP contribution in [-0.2, 0) is 10.0 Å². The van der Waals surface area contributed by atoms with E-state index in [1.807, 2.05) is 0 Å². The zero-order valence-corrected chi connectivity index (χ0v) is 12.7. The van der Waals surface area contributed by atoms with Crippen molar-refractivity contribution in [2.75, 3.05) is 5.73 Å². The highest BCUT2D eigenvalue weighted by Crippen LogP contribution is 2.25. The van der Waals surface area contributed by atoms with Crippen LogP contribution in [0.4, 0.5) is 5.69 Å². The first-order valence-electron chi connectivity index (χ1n) is 5.97. The molecule has 0 aliphatic rings. The molecule has 1 rings (SSSR count). The molecule has 7 heteroatoms. The Morgan fingerprint density at radius 3 is 2.30 bits per heavy atom. The van der Waals surface area contributed by atoms with Crippen LogP contribution in [0.15, 0.2) is 23.1 Å².